The van der Waals surface area contributed by atoms with Crippen molar-refractivity contribution in [3.8, 4) is 0 Å². The Labute approximate surface area is 124 Å². The van der Waals surface area contributed by atoms with Crippen LogP contribution in [0.4, 0.5) is 0 Å². The van der Waals surface area contributed by atoms with Crippen molar-refractivity contribution in [2.75, 3.05) is 6.61 Å². The van der Waals surface area contributed by atoms with Gasteiger partial charge in [0.1, 0.15) is 0 Å². The van der Waals surface area contributed by atoms with Crippen LogP contribution in [-0.4, -0.2) is 16.4 Å². The first-order chi connectivity index (χ1) is 9.92. The summed E-state index contributed by atoms with van der Waals surface area (Å²) in [6.45, 7) is 3.15. The van der Waals surface area contributed by atoms with Gasteiger partial charge in [0, 0.05) is 12.5 Å². The average Bonchev–Trinajstić information content (AvgIpc) is 2.53. The van der Waals surface area contributed by atoms with Gasteiger partial charge in [-0.3, -0.25) is 0 Å². The van der Waals surface area contributed by atoms with E-state index in [4.69, 9.17) is 4.43 Å². The highest BCUT2D eigenvalue weighted by molar-refractivity contribution is 6.27. The second-order valence-corrected chi connectivity index (χ2v) is 6.52. The highest BCUT2D eigenvalue weighted by Crippen LogP contribution is 2.27. The number of rotatable bonds is 8. The first-order valence-electron chi connectivity index (χ1n) is 7.59. The minimum absolute atomic E-state index is 0.444. The maximum atomic E-state index is 5.89. The molecule has 0 saturated heterocycles. The zero-order valence-corrected chi connectivity index (χ0v) is 13.7. The van der Waals surface area contributed by atoms with Crippen LogP contribution in [0.1, 0.15) is 36.8 Å². The molecule has 1 nitrogen and oxygen atoms in total. The molecule has 0 aliphatic heterocycles. The second-order valence-electron chi connectivity index (χ2n) is 5.13. The summed E-state index contributed by atoms with van der Waals surface area (Å²) in [7, 11) is -0.444. The highest BCUT2D eigenvalue weighted by atomic mass is 28.2. The van der Waals surface area contributed by atoms with Gasteiger partial charge in [0.05, 0.1) is 0 Å². The Hall–Kier alpha value is -1.38. The van der Waals surface area contributed by atoms with Crippen molar-refractivity contribution < 1.29 is 4.43 Å². The summed E-state index contributed by atoms with van der Waals surface area (Å²) >= 11 is 0. The monoisotopic (exact) mass is 284 g/mol. The molecule has 106 valence electrons. The molecule has 0 bridgehead atoms. The van der Waals surface area contributed by atoms with Gasteiger partial charge in [-0.05, 0) is 23.6 Å². The lowest BCUT2D eigenvalue weighted by molar-refractivity contribution is 0.325. The van der Waals surface area contributed by atoms with E-state index in [0.29, 0.717) is 5.92 Å². The molecular weight excluding hydrogens is 260 g/mol. The van der Waals surface area contributed by atoms with Crippen molar-refractivity contribution in [1.82, 2.24) is 0 Å². The molecular formula is C18H24OSi. The molecule has 0 aliphatic carbocycles. The van der Waals surface area contributed by atoms with E-state index < -0.39 is 9.76 Å². The highest BCUT2D eigenvalue weighted by Gasteiger charge is 2.13. The lowest BCUT2D eigenvalue weighted by Crippen LogP contribution is -2.08. The normalized spacial score (nSPS) is 11.5. The Kier molecular flexibility index (Phi) is 6.55. The zero-order chi connectivity index (χ0) is 14.0. The van der Waals surface area contributed by atoms with E-state index >= 15 is 0 Å². The molecule has 2 heteroatoms. The molecule has 0 N–H and O–H groups in total. The molecule has 0 radical (unpaired) electrons. The molecule has 0 aliphatic rings. The van der Waals surface area contributed by atoms with Crippen LogP contribution in [-0.2, 0) is 4.43 Å². The standard InChI is InChI=1S/C18H24OSi/c1-2-3-14-19-20-15-18(16-10-6-4-7-11-16)17-12-8-5-9-13-17/h4-13,18H,2-3,14-15,20H2,1H3. The first-order valence-corrected chi connectivity index (χ1v) is 9.17. The molecule has 20 heavy (non-hydrogen) atoms. The fourth-order valence-corrected chi connectivity index (χ4v) is 3.92. The first kappa shape index (κ1) is 15.0. The Bertz CT molecular complexity index is 430. The fraction of sp³-hybridized carbons (Fsp3) is 0.333. The van der Waals surface area contributed by atoms with Crippen LogP contribution in [0.2, 0.25) is 6.04 Å². The number of benzene rings is 2. The quantitative estimate of drug-likeness (QED) is 0.523. The minimum Gasteiger partial charge on any atom is -0.424 e. The number of unbranched alkanes of at least 4 members (excludes halogenated alkanes) is 1. The van der Waals surface area contributed by atoms with Crippen molar-refractivity contribution in [2.45, 2.75) is 31.7 Å². The van der Waals surface area contributed by atoms with Gasteiger partial charge < -0.3 is 4.43 Å². The van der Waals surface area contributed by atoms with Crippen LogP contribution < -0.4 is 0 Å². The maximum Gasteiger partial charge on any atom is 0.162 e. The summed E-state index contributed by atoms with van der Waals surface area (Å²) in [6, 6.07) is 22.8. The Balaban J connectivity index is 2.02. The molecule has 0 aromatic heterocycles. The van der Waals surface area contributed by atoms with Gasteiger partial charge in [-0.1, -0.05) is 74.0 Å². The molecule has 0 atom stereocenters. The summed E-state index contributed by atoms with van der Waals surface area (Å²) in [4.78, 5) is 0. The third-order valence-corrected chi connectivity index (χ3v) is 4.99. The fourth-order valence-electron chi connectivity index (χ4n) is 2.45. The summed E-state index contributed by atoms with van der Waals surface area (Å²) in [5.74, 6) is 0.491. The van der Waals surface area contributed by atoms with E-state index in [-0.39, 0.29) is 0 Å². The third-order valence-electron chi connectivity index (χ3n) is 3.60. The lowest BCUT2D eigenvalue weighted by atomic mass is 9.93. The predicted molar refractivity (Wildman–Crippen MR) is 88.9 cm³/mol. The van der Waals surface area contributed by atoms with Crippen LogP contribution in [0.15, 0.2) is 60.7 Å². The number of hydrogen-bond acceptors (Lipinski definition) is 1. The Morgan fingerprint density at radius 1 is 0.900 bits per heavy atom. The van der Waals surface area contributed by atoms with Crippen molar-refractivity contribution in [3.05, 3.63) is 71.8 Å². The van der Waals surface area contributed by atoms with Crippen LogP contribution in [0.3, 0.4) is 0 Å². The van der Waals surface area contributed by atoms with Gasteiger partial charge in [0.25, 0.3) is 0 Å². The van der Waals surface area contributed by atoms with Crippen LogP contribution in [0, 0.1) is 0 Å². The molecule has 2 aromatic carbocycles. The molecule has 2 aromatic rings. The average molecular weight is 284 g/mol. The van der Waals surface area contributed by atoms with E-state index in [2.05, 4.69) is 67.6 Å². The molecule has 0 heterocycles. The van der Waals surface area contributed by atoms with Crippen molar-refractivity contribution >= 4 is 9.76 Å². The van der Waals surface area contributed by atoms with Gasteiger partial charge in [-0.2, -0.15) is 0 Å². The lowest BCUT2D eigenvalue weighted by Gasteiger charge is -2.18. The van der Waals surface area contributed by atoms with E-state index in [0.717, 1.165) is 6.61 Å². The molecule has 0 saturated carbocycles. The maximum absolute atomic E-state index is 5.89. The van der Waals surface area contributed by atoms with E-state index in [9.17, 15) is 0 Å². The van der Waals surface area contributed by atoms with E-state index in [1.807, 2.05) is 0 Å². The molecule has 0 amide bonds. The van der Waals surface area contributed by atoms with E-state index in [1.54, 1.807) is 0 Å². The van der Waals surface area contributed by atoms with Crippen molar-refractivity contribution in [1.29, 1.82) is 0 Å². The summed E-state index contributed by atoms with van der Waals surface area (Å²) in [5, 5.41) is 0. The van der Waals surface area contributed by atoms with Crippen molar-refractivity contribution in [3.63, 3.8) is 0 Å². The Morgan fingerprint density at radius 2 is 1.45 bits per heavy atom. The van der Waals surface area contributed by atoms with Crippen LogP contribution in [0.25, 0.3) is 0 Å². The van der Waals surface area contributed by atoms with E-state index in [1.165, 1.54) is 30.0 Å². The van der Waals surface area contributed by atoms with Gasteiger partial charge in [0.15, 0.2) is 9.76 Å². The molecule has 0 unspecified atom stereocenters. The minimum atomic E-state index is -0.444. The smallest absolute Gasteiger partial charge is 0.162 e. The van der Waals surface area contributed by atoms with Crippen molar-refractivity contribution in [2.24, 2.45) is 0 Å². The molecule has 2 rings (SSSR count). The van der Waals surface area contributed by atoms with Gasteiger partial charge in [-0.15, -0.1) is 0 Å². The summed E-state index contributed by atoms with van der Waals surface area (Å²) in [6.07, 6.45) is 2.41. The SMILES string of the molecule is CCCCO[SiH2]CC(c1ccccc1)c1ccccc1. The Morgan fingerprint density at radius 3 is 1.95 bits per heavy atom. The second kappa shape index (κ2) is 8.72. The van der Waals surface area contributed by atoms with Crippen LogP contribution >= 0.6 is 0 Å². The summed E-state index contributed by atoms with van der Waals surface area (Å²) < 4.78 is 5.89. The zero-order valence-electron chi connectivity index (χ0n) is 12.3. The largest absolute Gasteiger partial charge is 0.424 e. The topological polar surface area (TPSA) is 9.23 Å². The van der Waals surface area contributed by atoms with Crippen LogP contribution in [0.5, 0.6) is 0 Å². The molecule has 0 fully saturated rings. The third kappa shape index (κ3) is 4.62. The predicted octanol–water partition coefficient (Wildman–Crippen LogP) is 4.14. The van der Waals surface area contributed by atoms with Gasteiger partial charge >= 0.3 is 0 Å². The molecule has 0 spiro atoms. The van der Waals surface area contributed by atoms with Gasteiger partial charge in [-0.25, -0.2) is 0 Å². The number of hydrogen-bond donors (Lipinski definition) is 0. The summed E-state index contributed by atoms with van der Waals surface area (Å²) in [5.41, 5.74) is 2.82. The van der Waals surface area contributed by atoms with Gasteiger partial charge in [0.2, 0.25) is 0 Å².